The van der Waals surface area contributed by atoms with E-state index in [2.05, 4.69) is 32.4 Å². The Kier molecular flexibility index (Phi) is 5.14. The van der Waals surface area contributed by atoms with Gasteiger partial charge in [0.1, 0.15) is 17.5 Å². The number of nitrogens with zero attached hydrogens (tertiary/aromatic N) is 3. The summed E-state index contributed by atoms with van der Waals surface area (Å²) in [7, 11) is 1.88. The Bertz CT molecular complexity index is 451. The second-order valence-electron chi connectivity index (χ2n) is 5.11. The third-order valence-corrected chi connectivity index (χ3v) is 3.66. The Balaban J connectivity index is 1.98. The van der Waals surface area contributed by atoms with Gasteiger partial charge in [0.05, 0.1) is 12.7 Å². The lowest BCUT2D eigenvalue weighted by atomic mass is 10.2. The summed E-state index contributed by atoms with van der Waals surface area (Å²) in [6.07, 6.45) is 0.219. The Morgan fingerprint density at radius 1 is 1.30 bits per heavy atom. The predicted octanol–water partition coefficient (Wildman–Crippen LogP) is 1.27. The summed E-state index contributed by atoms with van der Waals surface area (Å²) in [4.78, 5) is 11.3. The van der Waals surface area contributed by atoms with Crippen molar-refractivity contribution in [2.24, 2.45) is 0 Å². The van der Waals surface area contributed by atoms with E-state index in [-0.39, 0.29) is 6.10 Å². The van der Waals surface area contributed by atoms with E-state index in [4.69, 9.17) is 4.74 Å². The standard InChI is InChI=1S/C14H25N5O/c1-5-19-6-7-20-12(9-19)8-16-14-10(2)13(15-4)17-11(3)18-14/h12H,5-9H2,1-4H3,(H2,15,16,17,18). The molecule has 6 heteroatoms. The van der Waals surface area contributed by atoms with E-state index in [0.29, 0.717) is 0 Å². The number of likely N-dealkylation sites (N-methyl/N-ethyl adjacent to an activating group) is 1. The van der Waals surface area contributed by atoms with Crippen LogP contribution in [0.15, 0.2) is 0 Å². The number of ether oxygens (including phenoxy) is 1. The van der Waals surface area contributed by atoms with Crippen LogP contribution in [0.5, 0.6) is 0 Å². The molecular formula is C14H25N5O. The van der Waals surface area contributed by atoms with Crippen LogP contribution in [0.2, 0.25) is 0 Å². The molecular weight excluding hydrogens is 254 g/mol. The lowest BCUT2D eigenvalue weighted by molar-refractivity contribution is -0.0192. The minimum absolute atomic E-state index is 0.219. The topological polar surface area (TPSA) is 62.3 Å². The van der Waals surface area contributed by atoms with Crippen molar-refractivity contribution >= 4 is 11.6 Å². The predicted molar refractivity (Wildman–Crippen MR) is 81.4 cm³/mol. The molecule has 0 aromatic carbocycles. The molecule has 1 aromatic heterocycles. The maximum Gasteiger partial charge on any atom is 0.134 e. The van der Waals surface area contributed by atoms with E-state index in [9.17, 15) is 0 Å². The Morgan fingerprint density at radius 3 is 2.75 bits per heavy atom. The van der Waals surface area contributed by atoms with Crippen LogP contribution in [0.1, 0.15) is 18.3 Å². The maximum atomic E-state index is 5.80. The van der Waals surface area contributed by atoms with E-state index in [1.165, 1.54) is 0 Å². The number of hydrogen-bond acceptors (Lipinski definition) is 6. The first-order valence-electron chi connectivity index (χ1n) is 7.24. The highest BCUT2D eigenvalue weighted by Gasteiger charge is 2.19. The van der Waals surface area contributed by atoms with Gasteiger partial charge in [-0.05, 0) is 20.4 Å². The molecule has 112 valence electrons. The highest BCUT2D eigenvalue weighted by Crippen LogP contribution is 2.19. The van der Waals surface area contributed by atoms with E-state index in [0.717, 1.165) is 55.8 Å². The largest absolute Gasteiger partial charge is 0.374 e. The first kappa shape index (κ1) is 15.0. The number of nitrogens with one attached hydrogen (secondary N) is 2. The quantitative estimate of drug-likeness (QED) is 0.846. The smallest absolute Gasteiger partial charge is 0.134 e. The average Bonchev–Trinajstić information content (AvgIpc) is 2.48. The van der Waals surface area contributed by atoms with Crippen LogP contribution in [0, 0.1) is 13.8 Å². The maximum absolute atomic E-state index is 5.80. The molecule has 2 rings (SSSR count). The summed E-state index contributed by atoms with van der Waals surface area (Å²) in [6.45, 7) is 10.8. The highest BCUT2D eigenvalue weighted by atomic mass is 16.5. The van der Waals surface area contributed by atoms with Gasteiger partial charge in [-0.2, -0.15) is 0 Å². The summed E-state index contributed by atoms with van der Waals surface area (Å²) >= 11 is 0. The summed E-state index contributed by atoms with van der Waals surface area (Å²) in [5.74, 6) is 2.53. The number of morpholine rings is 1. The van der Waals surface area contributed by atoms with Gasteiger partial charge in [-0.15, -0.1) is 0 Å². The number of anilines is 2. The van der Waals surface area contributed by atoms with Crippen molar-refractivity contribution in [3.05, 3.63) is 11.4 Å². The van der Waals surface area contributed by atoms with Gasteiger partial charge in [0.15, 0.2) is 0 Å². The number of aromatic nitrogens is 2. The van der Waals surface area contributed by atoms with Crippen molar-refractivity contribution in [1.82, 2.24) is 14.9 Å². The van der Waals surface area contributed by atoms with Crippen LogP contribution in [0.4, 0.5) is 11.6 Å². The zero-order valence-corrected chi connectivity index (χ0v) is 12.9. The first-order valence-corrected chi connectivity index (χ1v) is 7.24. The van der Waals surface area contributed by atoms with Gasteiger partial charge in [-0.1, -0.05) is 6.92 Å². The SMILES string of the molecule is CCN1CCOC(CNc2nc(C)nc(NC)c2C)C1. The molecule has 0 bridgehead atoms. The van der Waals surface area contributed by atoms with Gasteiger partial charge in [0, 0.05) is 32.2 Å². The summed E-state index contributed by atoms with van der Waals surface area (Å²) in [5, 5.41) is 6.50. The third kappa shape index (κ3) is 3.58. The van der Waals surface area contributed by atoms with E-state index >= 15 is 0 Å². The zero-order chi connectivity index (χ0) is 14.5. The molecule has 1 atom stereocenters. The van der Waals surface area contributed by atoms with Gasteiger partial charge in [-0.25, -0.2) is 9.97 Å². The second kappa shape index (κ2) is 6.85. The Labute approximate surface area is 120 Å². The molecule has 20 heavy (non-hydrogen) atoms. The minimum Gasteiger partial charge on any atom is -0.374 e. The number of aryl methyl sites for hydroxylation is 1. The Hall–Kier alpha value is -1.40. The molecule has 1 fully saturated rings. The first-order chi connectivity index (χ1) is 9.63. The molecule has 1 aromatic rings. The summed E-state index contributed by atoms with van der Waals surface area (Å²) < 4.78 is 5.80. The van der Waals surface area contributed by atoms with Crippen molar-refractivity contribution < 1.29 is 4.74 Å². The summed E-state index contributed by atoms with van der Waals surface area (Å²) in [6, 6.07) is 0. The van der Waals surface area contributed by atoms with Gasteiger partial charge in [0.2, 0.25) is 0 Å². The molecule has 6 nitrogen and oxygen atoms in total. The van der Waals surface area contributed by atoms with E-state index in [1.54, 1.807) is 0 Å². The van der Waals surface area contributed by atoms with E-state index in [1.807, 2.05) is 20.9 Å². The lowest BCUT2D eigenvalue weighted by Gasteiger charge is -2.32. The van der Waals surface area contributed by atoms with Crippen LogP contribution in [0.25, 0.3) is 0 Å². The van der Waals surface area contributed by atoms with Crippen LogP contribution in [-0.4, -0.2) is 60.8 Å². The normalized spacial score (nSPS) is 19.9. The third-order valence-electron chi connectivity index (χ3n) is 3.66. The van der Waals surface area contributed by atoms with Crippen molar-refractivity contribution in [3.63, 3.8) is 0 Å². The monoisotopic (exact) mass is 279 g/mol. The molecule has 0 spiro atoms. The molecule has 2 N–H and O–H groups in total. The second-order valence-corrected chi connectivity index (χ2v) is 5.11. The number of rotatable bonds is 5. The fraction of sp³-hybridized carbons (Fsp3) is 0.714. The van der Waals surface area contributed by atoms with Crippen molar-refractivity contribution in [1.29, 1.82) is 0 Å². The molecule has 1 aliphatic rings. The summed E-state index contributed by atoms with van der Waals surface area (Å²) in [5.41, 5.74) is 1.04. The van der Waals surface area contributed by atoms with Crippen LogP contribution >= 0.6 is 0 Å². The van der Waals surface area contributed by atoms with Crippen molar-refractivity contribution in [2.75, 3.05) is 50.5 Å². The lowest BCUT2D eigenvalue weighted by Crippen LogP contribution is -2.45. The molecule has 0 amide bonds. The van der Waals surface area contributed by atoms with Crippen LogP contribution in [0.3, 0.4) is 0 Å². The minimum atomic E-state index is 0.219. The van der Waals surface area contributed by atoms with Crippen LogP contribution in [-0.2, 0) is 4.74 Å². The van der Waals surface area contributed by atoms with Gasteiger partial charge in [-0.3, -0.25) is 4.90 Å². The highest BCUT2D eigenvalue weighted by molar-refractivity contribution is 5.56. The van der Waals surface area contributed by atoms with Gasteiger partial charge in [0.25, 0.3) is 0 Å². The Morgan fingerprint density at radius 2 is 2.05 bits per heavy atom. The molecule has 1 saturated heterocycles. The van der Waals surface area contributed by atoms with Crippen molar-refractivity contribution in [3.8, 4) is 0 Å². The fourth-order valence-electron chi connectivity index (χ4n) is 2.45. The molecule has 0 aliphatic carbocycles. The van der Waals surface area contributed by atoms with Crippen molar-refractivity contribution in [2.45, 2.75) is 26.9 Å². The molecule has 1 unspecified atom stereocenters. The fourth-order valence-corrected chi connectivity index (χ4v) is 2.45. The molecule has 2 heterocycles. The van der Waals surface area contributed by atoms with Gasteiger partial charge < -0.3 is 15.4 Å². The number of hydrogen-bond donors (Lipinski definition) is 2. The average molecular weight is 279 g/mol. The zero-order valence-electron chi connectivity index (χ0n) is 12.9. The molecule has 1 aliphatic heterocycles. The molecule has 0 saturated carbocycles. The van der Waals surface area contributed by atoms with Gasteiger partial charge >= 0.3 is 0 Å². The van der Waals surface area contributed by atoms with Crippen LogP contribution < -0.4 is 10.6 Å². The molecule has 0 radical (unpaired) electrons. The van der Waals surface area contributed by atoms with E-state index < -0.39 is 0 Å².